The fourth-order valence-electron chi connectivity index (χ4n) is 5.82. The number of benzene rings is 6. The van der Waals surface area contributed by atoms with Crippen LogP contribution < -0.4 is 0 Å². The van der Waals surface area contributed by atoms with E-state index in [0.717, 1.165) is 50.1 Å². The summed E-state index contributed by atoms with van der Waals surface area (Å²) in [4.78, 5) is 0. The molecular formula is C38H23N3. The second kappa shape index (κ2) is 10.0. The van der Waals surface area contributed by atoms with Gasteiger partial charge in [-0.1, -0.05) is 97.1 Å². The zero-order valence-corrected chi connectivity index (χ0v) is 22.1. The summed E-state index contributed by atoms with van der Waals surface area (Å²) in [7, 11) is 0. The molecule has 1 aromatic heterocycles. The lowest BCUT2D eigenvalue weighted by Crippen LogP contribution is -2.02. The van der Waals surface area contributed by atoms with E-state index in [1.807, 2.05) is 18.2 Å². The molecule has 7 aromatic rings. The maximum atomic E-state index is 10.0. The lowest BCUT2D eigenvalue weighted by molar-refractivity contribution is 1.18. The topological polar surface area (TPSA) is 52.5 Å². The second-order valence-electron chi connectivity index (χ2n) is 10.0. The highest BCUT2D eigenvalue weighted by molar-refractivity contribution is 6.10. The van der Waals surface area contributed by atoms with Crippen LogP contribution in [-0.4, -0.2) is 4.57 Å². The molecule has 7 rings (SSSR count). The number of nitrogens with zero attached hydrogens (tertiary/aromatic N) is 3. The number of rotatable bonds is 4. The van der Waals surface area contributed by atoms with Crippen LogP contribution >= 0.6 is 0 Å². The largest absolute Gasteiger partial charge is 0.308 e. The number of fused-ring (bicyclic) bond motifs is 3. The molecule has 0 spiro atoms. The molecule has 0 atom stereocenters. The molecule has 0 aliphatic heterocycles. The van der Waals surface area contributed by atoms with E-state index < -0.39 is 0 Å². The molecule has 0 radical (unpaired) electrons. The lowest BCUT2D eigenvalue weighted by atomic mass is 9.89. The van der Waals surface area contributed by atoms with Gasteiger partial charge in [0.1, 0.15) is 0 Å². The summed E-state index contributed by atoms with van der Waals surface area (Å²) in [5.74, 6) is 0. The van der Waals surface area contributed by atoms with Gasteiger partial charge in [-0.05, 0) is 59.2 Å². The van der Waals surface area contributed by atoms with Gasteiger partial charge in [0.25, 0.3) is 0 Å². The van der Waals surface area contributed by atoms with Gasteiger partial charge < -0.3 is 4.57 Å². The lowest BCUT2D eigenvalue weighted by Gasteiger charge is -2.21. The number of para-hydroxylation sites is 2. The van der Waals surface area contributed by atoms with Crippen LogP contribution in [0.5, 0.6) is 0 Å². The van der Waals surface area contributed by atoms with Gasteiger partial charge in [-0.25, -0.2) is 0 Å². The SMILES string of the molecule is N#Cc1ccc(C#N)c(-c2cc(-c3ccccc3)c(-n3c4ccccc4c4ccccc43)c(-c3ccccc3)c2)c1. The standard InChI is InChI=1S/C38H23N3/c39-24-26-19-20-29(25-40)33(21-26)30-22-34(27-11-3-1-4-12-27)38(35(23-30)28-13-5-2-6-14-28)41-36-17-9-7-15-31(36)32-16-8-10-18-37(32)41/h1-23H. The van der Waals surface area contributed by atoms with Crippen LogP contribution in [0.15, 0.2) is 140 Å². The average Bonchev–Trinajstić information content (AvgIpc) is 3.38. The highest BCUT2D eigenvalue weighted by Crippen LogP contribution is 2.44. The van der Waals surface area contributed by atoms with Crippen molar-refractivity contribution in [3.63, 3.8) is 0 Å². The van der Waals surface area contributed by atoms with Crippen molar-refractivity contribution in [3.05, 3.63) is 151 Å². The Kier molecular flexibility index (Phi) is 5.90. The molecule has 41 heavy (non-hydrogen) atoms. The molecule has 0 amide bonds. The maximum Gasteiger partial charge on any atom is 0.0998 e. The second-order valence-corrected chi connectivity index (χ2v) is 10.0. The van der Waals surface area contributed by atoms with Crippen LogP contribution in [-0.2, 0) is 0 Å². The Morgan fingerprint density at radius 3 is 1.46 bits per heavy atom. The van der Waals surface area contributed by atoms with Crippen LogP contribution in [0.25, 0.3) is 60.9 Å². The Morgan fingerprint density at radius 2 is 0.951 bits per heavy atom. The summed E-state index contributed by atoms with van der Waals surface area (Å²) in [5.41, 5.74) is 10.2. The van der Waals surface area contributed by atoms with E-state index in [-0.39, 0.29) is 0 Å². The first-order valence-corrected chi connectivity index (χ1v) is 13.5. The van der Waals surface area contributed by atoms with Crippen molar-refractivity contribution in [2.75, 3.05) is 0 Å². The molecular weight excluding hydrogens is 498 g/mol. The van der Waals surface area contributed by atoms with Gasteiger partial charge in [0.2, 0.25) is 0 Å². The van der Waals surface area contributed by atoms with Gasteiger partial charge in [-0.2, -0.15) is 10.5 Å². The van der Waals surface area contributed by atoms with Gasteiger partial charge in [0.05, 0.1) is 40.0 Å². The monoisotopic (exact) mass is 521 g/mol. The first-order chi connectivity index (χ1) is 20.3. The molecule has 1 heterocycles. The van der Waals surface area contributed by atoms with E-state index in [2.05, 4.69) is 126 Å². The van der Waals surface area contributed by atoms with Crippen LogP contribution in [0.2, 0.25) is 0 Å². The Hall–Kier alpha value is -5.90. The molecule has 190 valence electrons. The third-order valence-corrected chi connectivity index (χ3v) is 7.66. The first kappa shape index (κ1) is 24.2. The van der Waals surface area contributed by atoms with Crippen molar-refractivity contribution in [3.8, 4) is 51.2 Å². The fraction of sp³-hybridized carbons (Fsp3) is 0. The third kappa shape index (κ3) is 4.05. The van der Waals surface area contributed by atoms with E-state index in [1.165, 1.54) is 10.8 Å². The van der Waals surface area contributed by atoms with Crippen molar-refractivity contribution in [1.82, 2.24) is 4.57 Å². The van der Waals surface area contributed by atoms with E-state index in [0.29, 0.717) is 11.1 Å². The minimum atomic E-state index is 0.521. The minimum Gasteiger partial charge on any atom is -0.308 e. The van der Waals surface area contributed by atoms with E-state index >= 15 is 0 Å². The number of hydrogen-bond acceptors (Lipinski definition) is 2. The van der Waals surface area contributed by atoms with Gasteiger partial charge in [0.15, 0.2) is 0 Å². The molecule has 3 nitrogen and oxygen atoms in total. The smallest absolute Gasteiger partial charge is 0.0998 e. The van der Waals surface area contributed by atoms with Gasteiger partial charge >= 0.3 is 0 Å². The van der Waals surface area contributed by atoms with Crippen LogP contribution in [0.1, 0.15) is 11.1 Å². The van der Waals surface area contributed by atoms with Crippen molar-refractivity contribution < 1.29 is 0 Å². The molecule has 3 heteroatoms. The van der Waals surface area contributed by atoms with Gasteiger partial charge in [-0.3, -0.25) is 0 Å². The summed E-state index contributed by atoms with van der Waals surface area (Å²) < 4.78 is 2.37. The highest BCUT2D eigenvalue weighted by Gasteiger charge is 2.22. The van der Waals surface area contributed by atoms with Gasteiger partial charge in [0, 0.05) is 27.5 Å². The van der Waals surface area contributed by atoms with Crippen LogP contribution in [0.3, 0.4) is 0 Å². The fourth-order valence-corrected chi connectivity index (χ4v) is 5.82. The van der Waals surface area contributed by atoms with E-state index in [4.69, 9.17) is 0 Å². The zero-order chi connectivity index (χ0) is 27.8. The van der Waals surface area contributed by atoms with Crippen molar-refractivity contribution in [1.29, 1.82) is 10.5 Å². The van der Waals surface area contributed by atoms with Crippen molar-refractivity contribution in [2.24, 2.45) is 0 Å². The Balaban J connectivity index is 1.68. The Bertz CT molecular complexity index is 2040. The number of aromatic nitrogens is 1. The van der Waals surface area contributed by atoms with Crippen LogP contribution in [0.4, 0.5) is 0 Å². The van der Waals surface area contributed by atoms with E-state index in [9.17, 15) is 10.5 Å². The summed E-state index contributed by atoms with van der Waals surface area (Å²) >= 11 is 0. The summed E-state index contributed by atoms with van der Waals surface area (Å²) in [6, 6.07) is 52.0. The van der Waals surface area contributed by atoms with Crippen LogP contribution in [0, 0.1) is 22.7 Å². The molecule has 0 aliphatic carbocycles. The summed E-state index contributed by atoms with van der Waals surface area (Å²) in [6.45, 7) is 0. The van der Waals surface area contributed by atoms with Gasteiger partial charge in [-0.15, -0.1) is 0 Å². The third-order valence-electron chi connectivity index (χ3n) is 7.66. The molecule has 0 unspecified atom stereocenters. The Labute approximate surface area is 238 Å². The van der Waals surface area contributed by atoms with Crippen molar-refractivity contribution in [2.45, 2.75) is 0 Å². The van der Waals surface area contributed by atoms with E-state index in [1.54, 1.807) is 12.1 Å². The first-order valence-electron chi connectivity index (χ1n) is 13.5. The Morgan fingerprint density at radius 1 is 0.439 bits per heavy atom. The maximum absolute atomic E-state index is 10.0. The van der Waals surface area contributed by atoms with Crippen molar-refractivity contribution >= 4 is 21.8 Å². The number of hydrogen-bond donors (Lipinski definition) is 0. The molecule has 0 fully saturated rings. The molecule has 0 N–H and O–H groups in total. The average molecular weight is 522 g/mol. The molecule has 0 saturated carbocycles. The highest BCUT2D eigenvalue weighted by atomic mass is 15.0. The molecule has 0 saturated heterocycles. The predicted molar refractivity (Wildman–Crippen MR) is 167 cm³/mol. The zero-order valence-electron chi connectivity index (χ0n) is 22.1. The normalized spacial score (nSPS) is 10.9. The number of nitriles is 2. The summed E-state index contributed by atoms with van der Waals surface area (Å²) in [5, 5.41) is 22.1. The summed E-state index contributed by atoms with van der Waals surface area (Å²) in [6.07, 6.45) is 0. The molecule has 0 aliphatic rings. The minimum absolute atomic E-state index is 0.521. The predicted octanol–water partition coefficient (Wildman–Crippen LogP) is 9.53. The quantitative estimate of drug-likeness (QED) is 0.232. The molecule has 0 bridgehead atoms. The molecule has 6 aromatic carbocycles.